The molecule has 1 aromatic heterocycles. The first kappa shape index (κ1) is 14.8. The monoisotopic (exact) mass is 294 g/mol. The molecule has 2 aromatic rings. The SMILES string of the molecule is Cl.O=C(CCC1CCNC1)Nc1nc2ccccc2[nH]1. The molecule has 1 aromatic carbocycles. The van der Waals surface area contributed by atoms with Crippen LogP contribution in [0.1, 0.15) is 19.3 Å². The molecule has 20 heavy (non-hydrogen) atoms. The van der Waals surface area contributed by atoms with Gasteiger partial charge in [0, 0.05) is 6.42 Å². The third-order valence-corrected chi connectivity index (χ3v) is 3.59. The van der Waals surface area contributed by atoms with Gasteiger partial charge in [0.1, 0.15) is 0 Å². The van der Waals surface area contributed by atoms with Gasteiger partial charge in [0.25, 0.3) is 0 Å². The van der Waals surface area contributed by atoms with Gasteiger partial charge in [0.2, 0.25) is 11.9 Å². The fraction of sp³-hybridized carbons (Fsp3) is 0.429. The smallest absolute Gasteiger partial charge is 0.226 e. The van der Waals surface area contributed by atoms with Crippen molar-refractivity contribution in [2.24, 2.45) is 5.92 Å². The summed E-state index contributed by atoms with van der Waals surface area (Å²) in [6.07, 6.45) is 2.68. The van der Waals surface area contributed by atoms with Crippen LogP contribution in [0.15, 0.2) is 24.3 Å². The van der Waals surface area contributed by atoms with Crippen molar-refractivity contribution in [2.45, 2.75) is 19.3 Å². The fourth-order valence-corrected chi connectivity index (χ4v) is 2.50. The lowest BCUT2D eigenvalue weighted by Gasteiger charge is -2.06. The van der Waals surface area contributed by atoms with E-state index in [0.29, 0.717) is 18.3 Å². The maximum Gasteiger partial charge on any atom is 0.226 e. The number of nitrogens with one attached hydrogen (secondary N) is 3. The first-order valence-corrected chi connectivity index (χ1v) is 6.76. The Morgan fingerprint density at radius 2 is 2.25 bits per heavy atom. The first-order valence-electron chi connectivity index (χ1n) is 6.76. The second-order valence-corrected chi connectivity index (χ2v) is 5.05. The predicted molar refractivity (Wildman–Crippen MR) is 82.2 cm³/mol. The lowest BCUT2D eigenvalue weighted by molar-refractivity contribution is -0.116. The van der Waals surface area contributed by atoms with Crippen LogP contribution < -0.4 is 10.6 Å². The third kappa shape index (κ3) is 3.49. The topological polar surface area (TPSA) is 69.8 Å². The number of benzene rings is 1. The molecule has 0 bridgehead atoms. The summed E-state index contributed by atoms with van der Waals surface area (Å²) in [5, 5.41) is 6.14. The van der Waals surface area contributed by atoms with E-state index in [9.17, 15) is 4.79 Å². The van der Waals surface area contributed by atoms with Gasteiger partial charge in [-0.25, -0.2) is 4.98 Å². The van der Waals surface area contributed by atoms with Crippen molar-refractivity contribution in [1.82, 2.24) is 15.3 Å². The van der Waals surface area contributed by atoms with Crippen LogP contribution >= 0.6 is 12.4 Å². The van der Waals surface area contributed by atoms with Crippen molar-refractivity contribution in [3.05, 3.63) is 24.3 Å². The van der Waals surface area contributed by atoms with Gasteiger partial charge in [-0.15, -0.1) is 12.4 Å². The minimum absolute atomic E-state index is 0. The number of H-pyrrole nitrogens is 1. The lowest BCUT2D eigenvalue weighted by Crippen LogP contribution is -2.15. The van der Waals surface area contributed by atoms with Crippen molar-refractivity contribution in [3.63, 3.8) is 0 Å². The Morgan fingerprint density at radius 3 is 3.00 bits per heavy atom. The van der Waals surface area contributed by atoms with Crippen LogP contribution in [-0.2, 0) is 4.79 Å². The number of halogens is 1. The molecule has 1 atom stereocenters. The molecule has 0 saturated carbocycles. The molecule has 1 aliphatic rings. The number of nitrogens with zero attached hydrogens (tertiary/aromatic N) is 1. The summed E-state index contributed by atoms with van der Waals surface area (Å²) >= 11 is 0. The number of para-hydroxylation sites is 2. The zero-order chi connectivity index (χ0) is 13.1. The average Bonchev–Trinajstić information content (AvgIpc) is 3.04. The lowest BCUT2D eigenvalue weighted by atomic mass is 10.0. The second kappa shape index (κ2) is 6.72. The van der Waals surface area contributed by atoms with E-state index in [1.54, 1.807) is 0 Å². The fourth-order valence-electron chi connectivity index (χ4n) is 2.50. The second-order valence-electron chi connectivity index (χ2n) is 5.05. The number of aromatic amines is 1. The van der Waals surface area contributed by atoms with Crippen LogP contribution in [0.3, 0.4) is 0 Å². The number of anilines is 1. The Labute approximate surface area is 124 Å². The third-order valence-electron chi connectivity index (χ3n) is 3.59. The molecule has 5 nitrogen and oxygen atoms in total. The summed E-state index contributed by atoms with van der Waals surface area (Å²) < 4.78 is 0. The summed E-state index contributed by atoms with van der Waals surface area (Å²) in [7, 11) is 0. The van der Waals surface area contributed by atoms with E-state index in [1.807, 2.05) is 24.3 Å². The quantitative estimate of drug-likeness (QED) is 0.810. The molecule has 2 heterocycles. The Hall–Kier alpha value is -1.59. The summed E-state index contributed by atoms with van der Waals surface area (Å²) in [6, 6.07) is 7.74. The van der Waals surface area contributed by atoms with Crippen molar-refractivity contribution in [2.75, 3.05) is 18.4 Å². The van der Waals surface area contributed by atoms with Gasteiger partial charge in [0.15, 0.2) is 0 Å². The number of carbonyl (C=O) groups is 1. The van der Waals surface area contributed by atoms with Crippen LogP contribution in [-0.4, -0.2) is 29.0 Å². The van der Waals surface area contributed by atoms with E-state index in [2.05, 4.69) is 20.6 Å². The molecule has 1 fully saturated rings. The molecule has 3 rings (SSSR count). The number of fused-ring (bicyclic) bond motifs is 1. The number of hydrogen-bond acceptors (Lipinski definition) is 3. The van der Waals surface area contributed by atoms with E-state index in [0.717, 1.165) is 30.5 Å². The zero-order valence-corrected chi connectivity index (χ0v) is 12.0. The van der Waals surface area contributed by atoms with E-state index in [-0.39, 0.29) is 18.3 Å². The summed E-state index contributed by atoms with van der Waals surface area (Å²) in [5.74, 6) is 1.21. The molecule has 108 valence electrons. The van der Waals surface area contributed by atoms with Crippen molar-refractivity contribution < 1.29 is 4.79 Å². The molecule has 0 radical (unpaired) electrons. The highest BCUT2D eigenvalue weighted by atomic mass is 35.5. The maximum absolute atomic E-state index is 11.9. The number of carbonyl (C=O) groups excluding carboxylic acids is 1. The van der Waals surface area contributed by atoms with Gasteiger partial charge in [-0.1, -0.05) is 12.1 Å². The normalized spacial score (nSPS) is 17.9. The average molecular weight is 295 g/mol. The van der Waals surface area contributed by atoms with Gasteiger partial charge < -0.3 is 10.3 Å². The molecule has 3 N–H and O–H groups in total. The van der Waals surface area contributed by atoms with Crippen LogP contribution in [0.5, 0.6) is 0 Å². The van der Waals surface area contributed by atoms with Crippen molar-refractivity contribution >= 4 is 35.3 Å². The molecule has 1 amide bonds. The van der Waals surface area contributed by atoms with Crippen LogP contribution in [0.25, 0.3) is 11.0 Å². The van der Waals surface area contributed by atoms with E-state index in [4.69, 9.17) is 0 Å². The highest BCUT2D eigenvalue weighted by molar-refractivity contribution is 5.91. The number of rotatable bonds is 4. The first-order chi connectivity index (χ1) is 9.31. The molecule has 1 aliphatic heterocycles. The molecule has 0 spiro atoms. The summed E-state index contributed by atoms with van der Waals surface area (Å²) in [4.78, 5) is 19.3. The Balaban J connectivity index is 0.00000147. The van der Waals surface area contributed by atoms with E-state index in [1.165, 1.54) is 6.42 Å². The highest BCUT2D eigenvalue weighted by Crippen LogP contribution is 2.16. The van der Waals surface area contributed by atoms with Crippen molar-refractivity contribution in [1.29, 1.82) is 0 Å². The maximum atomic E-state index is 11.9. The van der Waals surface area contributed by atoms with Gasteiger partial charge in [-0.05, 0) is 44.0 Å². The number of imidazole rings is 1. The van der Waals surface area contributed by atoms with E-state index < -0.39 is 0 Å². The van der Waals surface area contributed by atoms with Gasteiger partial charge in [0.05, 0.1) is 11.0 Å². The molecule has 1 unspecified atom stereocenters. The van der Waals surface area contributed by atoms with Gasteiger partial charge in [-0.2, -0.15) is 0 Å². The van der Waals surface area contributed by atoms with Crippen LogP contribution in [0.4, 0.5) is 5.95 Å². The minimum atomic E-state index is 0. The van der Waals surface area contributed by atoms with Crippen LogP contribution in [0, 0.1) is 5.92 Å². The predicted octanol–water partition coefficient (Wildman–Crippen LogP) is 2.31. The van der Waals surface area contributed by atoms with Crippen molar-refractivity contribution in [3.8, 4) is 0 Å². The molecule has 6 heteroatoms. The standard InChI is InChI=1S/C14H18N4O.ClH/c19-13(6-5-10-7-8-15-9-10)18-14-16-11-3-1-2-4-12(11)17-14;/h1-4,10,15H,5-9H2,(H2,16,17,18,19);1H. The van der Waals surface area contributed by atoms with Gasteiger partial charge >= 0.3 is 0 Å². The molecule has 0 aliphatic carbocycles. The molecular weight excluding hydrogens is 276 g/mol. The number of aromatic nitrogens is 2. The molecular formula is C14H19ClN4O. The summed E-state index contributed by atoms with van der Waals surface area (Å²) in [5.41, 5.74) is 1.82. The minimum Gasteiger partial charge on any atom is -0.324 e. The highest BCUT2D eigenvalue weighted by Gasteiger charge is 2.16. The number of amides is 1. The van der Waals surface area contributed by atoms with E-state index >= 15 is 0 Å². The zero-order valence-electron chi connectivity index (χ0n) is 11.2. The molecule has 1 saturated heterocycles. The Morgan fingerprint density at radius 1 is 1.40 bits per heavy atom. The van der Waals surface area contributed by atoms with Crippen LogP contribution in [0.2, 0.25) is 0 Å². The Bertz CT molecular complexity index is 544. The van der Waals surface area contributed by atoms with Gasteiger partial charge in [-0.3, -0.25) is 10.1 Å². The largest absolute Gasteiger partial charge is 0.324 e. The summed E-state index contributed by atoms with van der Waals surface area (Å²) in [6.45, 7) is 2.12. The Kier molecular flexibility index (Phi) is 4.98. The number of hydrogen-bond donors (Lipinski definition) is 3.